The van der Waals surface area contributed by atoms with Gasteiger partial charge in [0.15, 0.2) is 0 Å². The van der Waals surface area contributed by atoms with Crippen LogP contribution in [0.3, 0.4) is 0 Å². The molecule has 1 heterocycles. The number of hydrogen-bond donors (Lipinski definition) is 2. The van der Waals surface area contributed by atoms with E-state index in [1.165, 1.54) is 44.9 Å². The quantitative estimate of drug-likeness (QED) is 0.499. The number of aryl methyl sites for hydroxylation is 1. The van der Waals surface area contributed by atoms with E-state index in [9.17, 15) is 14.7 Å². The van der Waals surface area contributed by atoms with Crippen LogP contribution in [0.4, 0.5) is 0 Å². The Balaban J connectivity index is 2.32. The minimum absolute atomic E-state index is 0.337. The zero-order valence-electron chi connectivity index (χ0n) is 14.6. The van der Waals surface area contributed by atoms with Crippen LogP contribution < -0.4 is 0 Å². The molecule has 0 aliphatic carbocycles. The van der Waals surface area contributed by atoms with Crippen LogP contribution in [-0.2, 0) is 16.1 Å². The largest absolute Gasteiger partial charge is 0.481 e. The van der Waals surface area contributed by atoms with Gasteiger partial charge in [-0.15, -0.1) is 0 Å². The van der Waals surface area contributed by atoms with Crippen molar-refractivity contribution in [2.45, 2.75) is 83.6 Å². The maximum atomic E-state index is 11.3. The number of nitrogens with zero attached hydrogens (tertiary/aromatic N) is 2. The Hall–Kier alpha value is -1.85. The number of rotatable bonds is 14. The van der Waals surface area contributed by atoms with E-state index in [2.05, 4.69) is 11.9 Å². The fraction of sp³-hybridized carbons (Fsp3) is 0.722. The zero-order chi connectivity index (χ0) is 17.8. The Kier molecular flexibility index (Phi) is 9.80. The number of carboxylic acids is 2. The number of imidazole rings is 1. The summed E-state index contributed by atoms with van der Waals surface area (Å²) in [5, 5.41) is 18.1. The van der Waals surface area contributed by atoms with E-state index >= 15 is 0 Å². The van der Waals surface area contributed by atoms with Gasteiger partial charge in [-0.1, -0.05) is 58.3 Å². The van der Waals surface area contributed by atoms with Gasteiger partial charge in [0.2, 0.25) is 0 Å². The van der Waals surface area contributed by atoms with Crippen molar-refractivity contribution in [1.29, 1.82) is 0 Å². The van der Waals surface area contributed by atoms with Gasteiger partial charge in [0, 0.05) is 18.9 Å². The monoisotopic (exact) mass is 338 g/mol. The molecule has 0 saturated carbocycles. The number of aliphatic carboxylic acids is 2. The summed E-state index contributed by atoms with van der Waals surface area (Å²) in [7, 11) is 0. The normalized spacial score (nSPS) is 12.2. The molecule has 136 valence electrons. The summed E-state index contributed by atoms with van der Waals surface area (Å²) in [5.74, 6) is -3.02. The smallest absolute Gasteiger partial charge is 0.314 e. The highest BCUT2D eigenvalue weighted by Crippen LogP contribution is 2.19. The Morgan fingerprint density at radius 3 is 2.17 bits per heavy atom. The maximum absolute atomic E-state index is 11.3. The van der Waals surface area contributed by atoms with E-state index in [-0.39, 0.29) is 0 Å². The van der Waals surface area contributed by atoms with Gasteiger partial charge in [0.25, 0.3) is 0 Å². The van der Waals surface area contributed by atoms with Crippen molar-refractivity contribution in [2.75, 3.05) is 0 Å². The highest BCUT2D eigenvalue weighted by Gasteiger charge is 2.27. The Morgan fingerprint density at radius 1 is 1.04 bits per heavy atom. The minimum atomic E-state index is -1.14. The second kappa shape index (κ2) is 11.6. The van der Waals surface area contributed by atoms with E-state index in [0.29, 0.717) is 12.4 Å². The van der Waals surface area contributed by atoms with Crippen LogP contribution in [-0.4, -0.2) is 31.7 Å². The lowest BCUT2D eigenvalue weighted by Gasteiger charge is -2.13. The SMILES string of the molecule is CCCCCCCCCCCn1ccnc1C(CC(=O)O)C(=O)O. The molecule has 6 heteroatoms. The van der Waals surface area contributed by atoms with Crippen molar-refractivity contribution in [3.63, 3.8) is 0 Å². The van der Waals surface area contributed by atoms with Gasteiger partial charge in [-0.2, -0.15) is 0 Å². The molecule has 0 fully saturated rings. The van der Waals surface area contributed by atoms with Crippen LogP contribution in [0.25, 0.3) is 0 Å². The lowest BCUT2D eigenvalue weighted by Crippen LogP contribution is -2.20. The molecule has 0 saturated heterocycles. The summed E-state index contributed by atoms with van der Waals surface area (Å²) in [6.45, 7) is 2.91. The first-order valence-electron chi connectivity index (χ1n) is 9.01. The van der Waals surface area contributed by atoms with Crippen LogP contribution >= 0.6 is 0 Å². The molecule has 0 radical (unpaired) electrons. The predicted molar refractivity (Wildman–Crippen MR) is 92.1 cm³/mol. The molecule has 0 aliphatic rings. The van der Waals surface area contributed by atoms with Gasteiger partial charge in [0.05, 0.1) is 6.42 Å². The number of hydrogen-bond acceptors (Lipinski definition) is 3. The van der Waals surface area contributed by atoms with Crippen molar-refractivity contribution in [1.82, 2.24) is 9.55 Å². The Morgan fingerprint density at radius 2 is 1.62 bits per heavy atom. The first kappa shape index (κ1) is 20.2. The lowest BCUT2D eigenvalue weighted by atomic mass is 10.0. The fourth-order valence-electron chi connectivity index (χ4n) is 2.88. The van der Waals surface area contributed by atoms with Crippen LogP contribution in [0, 0.1) is 0 Å². The van der Waals surface area contributed by atoms with Crippen molar-refractivity contribution >= 4 is 11.9 Å². The van der Waals surface area contributed by atoms with Gasteiger partial charge in [-0.25, -0.2) is 4.98 Å². The summed E-state index contributed by atoms with van der Waals surface area (Å²) in [6, 6.07) is 0. The summed E-state index contributed by atoms with van der Waals surface area (Å²) in [4.78, 5) is 26.2. The molecule has 1 atom stereocenters. The Bertz CT molecular complexity index is 499. The van der Waals surface area contributed by atoms with E-state index < -0.39 is 24.3 Å². The van der Waals surface area contributed by atoms with Gasteiger partial charge in [-0.3, -0.25) is 9.59 Å². The molecule has 6 nitrogen and oxygen atoms in total. The van der Waals surface area contributed by atoms with Crippen molar-refractivity contribution < 1.29 is 19.8 Å². The second-order valence-electron chi connectivity index (χ2n) is 6.30. The highest BCUT2D eigenvalue weighted by atomic mass is 16.4. The number of carbonyl (C=O) groups is 2. The molecule has 0 amide bonds. The molecule has 1 unspecified atom stereocenters. The van der Waals surface area contributed by atoms with E-state index in [4.69, 9.17) is 5.11 Å². The molecule has 2 N–H and O–H groups in total. The third-order valence-corrected chi connectivity index (χ3v) is 4.24. The number of carboxylic acid groups (broad SMARTS) is 2. The van der Waals surface area contributed by atoms with Crippen LogP contribution in [0.1, 0.15) is 82.9 Å². The average molecular weight is 338 g/mol. The van der Waals surface area contributed by atoms with Crippen LogP contribution in [0.15, 0.2) is 12.4 Å². The lowest BCUT2D eigenvalue weighted by molar-refractivity contribution is -0.145. The third-order valence-electron chi connectivity index (χ3n) is 4.24. The van der Waals surface area contributed by atoms with Gasteiger partial charge >= 0.3 is 11.9 Å². The van der Waals surface area contributed by atoms with E-state index in [1.807, 2.05) is 0 Å². The molecule has 0 aromatic carbocycles. The molecule has 0 spiro atoms. The fourth-order valence-corrected chi connectivity index (χ4v) is 2.88. The number of unbranched alkanes of at least 4 members (excludes halogenated alkanes) is 8. The first-order chi connectivity index (χ1) is 11.6. The van der Waals surface area contributed by atoms with Crippen LogP contribution in [0.2, 0.25) is 0 Å². The van der Waals surface area contributed by atoms with Crippen molar-refractivity contribution in [3.8, 4) is 0 Å². The summed E-state index contributed by atoms with van der Waals surface area (Å²) >= 11 is 0. The van der Waals surface area contributed by atoms with Gasteiger partial charge in [-0.05, 0) is 6.42 Å². The molecule has 0 aliphatic heterocycles. The molecule has 1 aromatic heterocycles. The second-order valence-corrected chi connectivity index (χ2v) is 6.30. The third kappa shape index (κ3) is 7.62. The average Bonchev–Trinajstić information content (AvgIpc) is 2.98. The van der Waals surface area contributed by atoms with E-state index in [0.717, 1.165) is 12.8 Å². The standard InChI is InChI=1S/C18H30N2O4/c1-2-3-4-5-6-7-8-9-10-12-20-13-11-19-17(20)15(18(23)24)14-16(21)22/h11,13,15H,2-10,12,14H2,1H3,(H,21,22)(H,23,24). The maximum Gasteiger partial charge on any atom is 0.314 e. The van der Waals surface area contributed by atoms with Gasteiger partial charge < -0.3 is 14.8 Å². The van der Waals surface area contributed by atoms with Gasteiger partial charge in [0.1, 0.15) is 11.7 Å². The molecule has 24 heavy (non-hydrogen) atoms. The van der Waals surface area contributed by atoms with Crippen LogP contribution in [0.5, 0.6) is 0 Å². The summed E-state index contributed by atoms with van der Waals surface area (Å²) in [5.41, 5.74) is 0. The minimum Gasteiger partial charge on any atom is -0.481 e. The first-order valence-corrected chi connectivity index (χ1v) is 9.01. The topological polar surface area (TPSA) is 92.4 Å². The zero-order valence-corrected chi connectivity index (χ0v) is 14.6. The molecular formula is C18H30N2O4. The highest BCUT2D eigenvalue weighted by molar-refractivity contribution is 5.81. The molecule has 1 aromatic rings. The van der Waals surface area contributed by atoms with Crippen molar-refractivity contribution in [2.24, 2.45) is 0 Å². The summed E-state index contributed by atoms with van der Waals surface area (Å²) in [6.07, 6.45) is 13.9. The molecule has 0 bridgehead atoms. The number of aromatic nitrogens is 2. The van der Waals surface area contributed by atoms with Crippen molar-refractivity contribution in [3.05, 3.63) is 18.2 Å². The predicted octanol–water partition coefficient (Wildman–Crippen LogP) is 4.06. The van der Waals surface area contributed by atoms with E-state index in [1.54, 1.807) is 17.0 Å². The molecule has 1 rings (SSSR count). The Labute approximate surface area is 143 Å². The molecular weight excluding hydrogens is 308 g/mol. The summed E-state index contributed by atoms with van der Waals surface area (Å²) < 4.78 is 1.78.